The number of nitrogens with one attached hydrogen (secondary N) is 1. The van der Waals surface area contributed by atoms with Gasteiger partial charge in [-0.3, -0.25) is 4.79 Å². The topological polar surface area (TPSA) is 64.6 Å². The van der Waals surface area contributed by atoms with Gasteiger partial charge in [-0.05, 0) is 64.6 Å². The largest absolute Gasteiger partial charge is 0.444 e. The van der Waals surface area contributed by atoms with E-state index in [0.29, 0.717) is 12.3 Å². The lowest BCUT2D eigenvalue weighted by Crippen LogP contribution is -2.53. The number of alkyl carbamates (subject to hydrolysis) is 1. The number of carbonyl (C=O) groups excluding carboxylic acids is 2. The number of Topliss-reactive ketones (excluding diaryl/α,β-unsaturated/α-hetero) is 1. The van der Waals surface area contributed by atoms with Gasteiger partial charge in [0.25, 0.3) is 0 Å². The Kier molecular flexibility index (Phi) is 9.91. The van der Waals surface area contributed by atoms with E-state index in [0.717, 1.165) is 6.42 Å². The molecule has 0 aromatic heterocycles. The van der Waals surface area contributed by atoms with E-state index in [1.54, 1.807) is 6.92 Å². The molecule has 1 amide bonds. The predicted octanol–water partition coefficient (Wildman–Crippen LogP) is 5.93. The van der Waals surface area contributed by atoms with Crippen LogP contribution in [0.25, 0.3) is 0 Å². The van der Waals surface area contributed by atoms with Crippen molar-refractivity contribution in [2.24, 2.45) is 11.8 Å². The molecule has 0 aliphatic rings. The van der Waals surface area contributed by atoms with Crippen molar-refractivity contribution >= 4 is 20.2 Å². The minimum Gasteiger partial charge on any atom is -0.444 e. The van der Waals surface area contributed by atoms with Gasteiger partial charge in [-0.15, -0.1) is 0 Å². The average molecular weight is 416 g/mol. The van der Waals surface area contributed by atoms with Crippen LogP contribution in [0.15, 0.2) is 0 Å². The van der Waals surface area contributed by atoms with Gasteiger partial charge in [-0.25, -0.2) is 4.79 Å². The number of ether oxygens (including phenoxy) is 1. The average Bonchev–Trinajstić information content (AvgIpc) is 2.41. The fourth-order valence-corrected chi connectivity index (χ4v) is 4.01. The normalized spacial score (nSPS) is 16.5. The number of hydrogen-bond acceptors (Lipinski definition) is 4. The van der Waals surface area contributed by atoms with Gasteiger partial charge in [0, 0.05) is 5.92 Å². The molecule has 5 nitrogen and oxygen atoms in total. The van der Waals surface area contributed by atoms with Crippen molar-refractivity contribution in [1.82, 2.24) is 5.32 Å². The first kappa shape index (κ1) is 27.1. The Labute approximate surface area is 174 Å². The highest BCUT2D eigenvalue weighted by atomic mass is 28.4. The molecule has 0 rings (SSSR count). The molecule has 0 aliphatic heterocycles. The molecule has 0 saturated heterocycles. The van der Waals surface area contributed by atoms with Gasteiger partial charge in [-0.2, -0.15) is 0 Å². The Morgan fingerprint density at radius 2 is 1.46 bits per heavy atom. The summed E-state index contributed by atoms with van der Waals surface area (Å²) in [5.74, 6) is 0.396. The zero-order valence-electron chi connectivity index (χ0n) is 20.4. The summed E-state index contributed by atoms with van der Waals surface area (Å²) >= 11 is 0. The molecule has 6 heteroatoms. The number of hydrogen-bond donors (Lipinski definition) is 1. The Morgan fingerprint density at radius 1 is 0.964 bits per heavy atom. The maximum Gasteiger partial charge on any atom is 0.407 e. The zero-order chi connectivity index (χ0) is 22.5. The van der Waals surface area contributed by atoms with E-state index >= 15 is 0 Å². The molecule has 0 aliphatic carbocycles. The fraction of sp³-hybridized carbons (Fsp3) is 0.909. The van der Waals surface area contributed by atoms with Crippen LogP contribution in [0.3, 0.4) is 0 Å². The summed E-state index contributed by atoms with van der Waals surface area (Å²) in [6, 6.07) is -0.203. The molecule has 0 radical (unpaired) electrons. The summed E-state index contributed by atoms with van der Waals surface area (Å²) in [6.45, 7) is 24.4. The molecule has 0 saturated carbocycles. The molecule has 3 unspecified atom stereocenters. The van der Waals surface area contributed by atoms with Crippen molar-refractivity contribution in [2.45, 2.75) is 118 Å². The molecule has 0 heterocycles. The van der Waals surface area contributed by atoms with Crippen LogP contribution in [0.5, 0.6) is 0 Å². The lowest BCUT2D eigenvalue weighted by Gasteiger charge is -2.42. The first-order valence-corrected chi connectivity index (χ1v) is 13.4. The summed E-state index contributed by atoms with van der Waals surface area (Å²) in [4.78, 5) is 24.4. The molecule has 0 aromatic rings. The van der Waals surface area contributed by atoms with Crippen molar-refractivity contribution in [3.8, 4) is 0 Å². The highest BCUT2D eigenvalue weighted by Gasteiger charge is 2.41. The van der Waals surface area contributed by atoms with Gasteiger partial charge in [0.05, 0.1) is 12.1 Å². The third-order valence-corrected chi connectivity index (χ3v) is 9.91. The van der Waals surface area contributed by atoms with Gasteiger partial charge in [0.2, 0.25) is 0 Å². The molecule has 0 bridgehead atoms. The van der Waals surface area contributed by atoms with E-state index in [9.17, 15) is 9.59 Å². The Balaban J connectivity index is 5.74. The summed E-state index contributed by atoms with van der Waals surface area (Å²) in [5, 5.41) is 3.09. The number of amides is 1. The summed E-state index contributed by atoms with van der Waals surface area (Å²) in [6.07, 6.45) is 0.699. The van der Waals surface area contributed by atoms with Crippen molar-refractivity contribution in [1.29, 1.82) is 0 Å². The predicted molar refractivity (Wildman–Crippen MR) is 119 cm³/mol. The summed E-state index contributed by atoms with van der Waals surface area (Å²) in [5.41, 5.74) is -0.561. The fourth-order valence-electron chi connectivity index (χ4n) is 2.63. The molecule has 0 fully saturated rings. The van der Waals surface area contributed by atoms with Crippen molar-refractivity contribution < 1.29 is 18.8 Å². The van der Waals surface area contributed by atoms with Crippen molar-refractivity contribution in [3.05, 3.63) is 0 Å². The van der Waals surface area contributed by atoms with E-state index in [2.05, 4.69) is 53.0 Å². The molecular formula is C22H45NO4Si. The van der Waals surface area contributed by atoms with Crippen molar-refractivity contribution in [3.63, 3.8) is 0 Å². The molecule has 0 spiro atoms. The smallest absolute Gasteiger partial charge is 0.407 e. The molecule has 166 valence electrons. The van der Waals surface area contributed by atoms with E-state index in [4.69, 9.17) is 9.16 Å². The lowest BCUT2D eigenvalue weighted by atomic mass is 9.91. The van der Waals surface area contributed by atoms with Gasteiger partial charge in [-0.1, -0.05) is 41.5 Å². The number of ketones is 1. The standard InChI is InChI=1S/C22H45NO4Si/c1-15(2)13-18(23-20(25)26-21(5,6)7)19(14-16(3)17(4)24)27-28(11,12)22(8,9)10/h15-16,18-19H,13-14H2,1-12H3,(H,23,25). The zero-order valence-corrected chi connectivity index (χ0v) is 21.4. The van der Waals surface area contributed by atoms with Crippen LogP contribution in [0.1, 0.15) is 82.1 Å². The van der Waals surface area contributed by atoms with Crippen LogP contribution in [0.4, 0.5) is 4.79 Å². The molecular weight excluding hydrogens is 370 g/mol. The van der Waals surface area contributed by atoms with Gasteiger partial charge >= 0.3 is 6.09 Å². The highest BCUT2D eigenvalue weighted by Crippen LogP contribution is 2.38. The molecule has 1 N–H and O–H groups in total. The SMILES string of the molecule is CC(=O)C(C)CC(O[Si](C)(C)C(C)(C)C)C(CC(C)C)NC(=O)OC(C)(C)C. The molecule has 3 atom stereocenters. The maximum atomic E-state index is 12.5. The second-order valence-corrected chi connectivity index (χ2v) is 15.8. The first-order valence-electron chi connectivity index (χ1n) is 10.5. The second kappa shape index (κ2) is 10.2. The van der Waals surface area contributed by atoms with Crippen molar-refractivity contribution in [2.75, 3.05) is 0 Å². The van der Waals surface area contributed by atoms with Crippen LogP contribution in [0, 0.1) is 11.8 Å². The quantitative estimate of drug-likeness (QED) is 0.474. The molecule has 28 heavy (non-hydrogen) atoms. The maximum absolute atomic E-state index is 12.5. The number of carbonyl (C=O) groups is 2. The summed E-state index contributed by atoms with van der Waals surface area (Å²) < 4.78 is 12.2. The number of rotatable bonds is 9. The third-order valence-electron chi connectivity index (χ3n) is 5.41. The second-order valence-electron chi connectivity index (χ2n) is 11.0. The summed E-state index contributed by atoms with van der Waals surface area (Å²) in [7, 11) is -2.08. The minimum absolute atomic E-state index is 0.0407. The van der Waals surface area contributed by atoms with Crippen LogP contribution < -0.4 is 5.32 Å². The lowest BCUT2D eigenvalue weighted by molar-refractivity contribution is -0.121. The van der Waals surface area contributed by atoms with Gasteiger partial charge in [0.15, 0.2) is 8.32 Å². The van der Waals surface area contributed by atoms with Gasteiger partial charge in [0.1, 0.15) is 11.4 Å². The Hall–Kier alpha value is -0.883. The van der Waals surface area contributed by atoms with Crippen LogP contribution >= 0.6 is 0 Å². The monoisotopic (exact) mass is 415 g/mol. The minimum atomic E-state index is -2.08. The molecule has 0 aromatic carbocycles. The third kappa shape index (κ3) is 10.1. The van der Waals surface area contributed by atoms with Crippen LogP contribution in [-0.2, 0) is 14.0 Å². The van der Waals surface area contributed by atoms with Gasteiger partial charge < -0.3 is 14.5 Å². The van der Waals surface area contributed by atoms with Crippen LogP contribution in [-0.4, -0.2) is 37.9 Å². The van der Waals surface area contributed by atoms with E-state index in [-0.39, 0.29) is 28.9 Å². The Morgan fingerprint density at radius 3 is 1.82 bits per heavy atom. The Bertz CT molecular complexity index is 518. The first-order chi connectivity index (χ1) is 12.4. The highest BCUT2D eigenvalue weighted by molar-refractivity contribution is 6.74. The van der Waals surface area contributed by atoms with E-state index in [1.807, 2.05) is 27.7 Å². The van der Waals surface area contributed by atoms with Crippen LogP contribution in [0.2, 0.25) is 18.1 Å². The van der Waals surface area contributed by atoms with E-state index < -0.39 is 20.0 Å². The van der Waals surface area contributed by atoms with E-state index in [1.165, 1.54) is 0 Å².